The van der Waals surface area contributed by atoms with Crippen LogP contribution in [-0.4, -0.2) is 35.3 Å². The summed E-state index contributed by atoms with van der Waals surface area (Å²) in [4.78, 5) is 11.2. The zero-order valence-electron chi connectivity index (χ0n) is 9.76. The molecule has 4 heteroatoms. The van der Waals surface area contributed by atoms with E-state index in [-0.39, 0.29) is 0 Å². The average Bonchev–Trinajstić information content (AvgIpc) is 2.28. The molecule has 0 N–H and O–H groups in total. The monoisotopic (exact) mass is 219 g/mol. The first-order valence-corrected chi connectivity index (χ1v) is 5.95. The number of hydrogen-bond donors (Lipinski definition) is 0. The Morgan fingerprint density at radius 1 is 1.38 bits per heavy atom. The van der Waals surface area contributed by atoms with E-state index in [1.165, 1.54) is 6.42 Å². The van der Waals surface area contributed by atoms with Crippen LogP contribution in [0.1, 0.15) is 31.9 Å². The number of rotatable bonds is 2. The summed E-state index contributed by atoms with van der Waals surface area (Å²) in [6, 6.07) is 2.00. The first-order chi connectivity index (χ1) is 7.72. The molecule has 0 saturated carbocycles. The third-order valence-corrected chi connectivity index (χ3v) is 3.30. The van der Waals surface area contributed by atoms with Gasteiger partial charge in [0.2, 0.25) is 5.95 Å². The lowest BCUT2D eigenvalue weighted by Crippen LogP contribution is -2.57. The number of fused-ring (bicyclic) bond motifs is 2. The van der Waals surface area contributed by atoms with E-state index in [2.05, 4.69) is 28.7 Å². The number of aromatic nitrogens is 2. The maximum atomic E-state index is 5.61. The Balaban J connectivity index is 1.80. The number of hydrogen-bond acceptors (Lipinski definition) is 4. The second-order valence-electron chi connectivity index (χ2n) is 4.96. The standard InChI is InChI=1S/C12H17N3O/c1-8(2)11-3-4-13-12(14-11)15-6-9-5-10(7-15)16-9/h3-4,8-10H,5-7H2,1-2H3. The molecule has 2 bridgehead atoms. The molecule has 0 amide bonds. The van der Waals surface area contributed by atoms with E-state index in [4.69, 9.17) is 4.74 Å². The van der Waals surface area contributed by atoms with Gasteiger partial charge in [0.15, 0.2) is 0 Å². The first kappa shape index (κ1) is 10.0. The fourth-order valence-corrected chi connectivity index (χ4v) is 2.35. The van der Waals surface area contributed by atoms with Gasteiger partial charge in [-0.15, -0.1) is 0 Å². The molecular weight excluding hydrogens is 202 g/mol. The maximum Gasteiger partial charge on any atom is 0.225 e. The predicted octanol–water partition coefficient (Wildman–Crippen LogP) is 1.58. The largest absolute Gasteiger partial charge is 0.371 e. The Hall–Kier alpha value is -1.16. The van der Waals surface area contributed by atoms with Crippen LogP contribution >= 0.6 is 0 Å². The van der Waals surface area contributed by atoms with Crippen LogP contribution in [0.3, 0.4) is 0 Å². The minimum atomic E-state index is 0.407. The quantitative estimate of drug-likeness (QED) is 0.757. The van der Waals surface area contributed by atoms with Gasteiger partial charge in [-0.25, -0.2) is 9.97 Å². The zero-order chi connectivity index (χ0) is 11.1. The molecule has 1 aromatic heterocycles. The summed E-state index contributed by atoms with van der Waals surface area (Å²) < 4.78 is 5.61. The molecule has 3 fully saturated rings. The normalized spacial score (nSPS) is 28.1. The summed E-state index contributed by atoms with van der Waals surface area (Å²) in [5, 5.41) is 0. The minimum Gasteiger partial charge on any atom is -0.371 e. The fraction of sp³-hybridized carbons (Fsp3) is 0.667. The lowest BCUT2D eigenvalue weighted by molar-refractivity contribution is -0.133. The highest BCUT2D eigenvalue weighted by Crippen LogP contribution is 2.29. The van der Waals surface area contributed by atoms with Gasteiger partial charge in [-0.05, 0) is 12.0 Å². The van der Waals surface area contributed by atoms with E-state index in [1.807, 2.05) is 12.3 Å². The molecular formula is C12H17N3O. The molecule has 0 spiro atoms. The van der Waals surface area contributed by atoms with Crippen molar-refractivity contribution < 1.29 is 4.74 Å². The van der Waals surface area contributed by atoms with Crippen molar-refractivity contribution >= 4 is 5.95 Å². The minimum absolute atomic E-state index is 0.407. The van der Waals surface area contributed by atoms with E-state index in [9.17, 15) is 0 Å². The zero-order valence-corrected chi connectivity index (χ0v) is 9.76. The highest BCUT2D eigenvalue weighted by molar-refractivity contribution is 5.33. The lowest BCUT2D eigenvalue weighted by Gasteiger charge is -2.47. The fourth-order valence-electron chi connectivity index (χ4n) is 2.35. The highest BCUT2D eigenvalue weighted by Gasteiger charge is 2.39. The topological polar surface area (TPSA) is 38.2 Å². The van der Waals surface area contributed by atoms with Gasteiger partial charge in [0.1, 0.15) is 0 Å². The number of nitrogens with zero attached hydrogens (tertiary/aromatic N) is 3. The predicted molar refractivity (Wildman–Crippen MR) is 61.6 cm³/mol. The summed E-state index contributed by atoms with van der Waals surface area (Å²) in [6.45, 7) is 6.20. The molecule has 2 atom stereocenters. The van der Waals surface area contributed by atoms with E-state index in [1.54, 1.807) is 0 Å². The van der Waals surface area contributed by atoms with Crippen molar-refractivity contribution in [2.24, 2.45) is 0 Å². The average molecular weight is 219 g/mol. The van der Waals surface area contributed by atoms with Crippen LogP contribution in [0, 0.1) is 0 Å². The van der Waals surface area contributed by atoms with Crippen molar-refractivity contribution in [3.05, 3.63) is 18.0 Å². The van der Waals surface area contributed by atoms with Crippen LogP contribution in [-0.2, 0) is 4.74 Å². The molecule has 3 aliphatic heterocycles. The second-order valence-corrected chi connectivity index (χ2v) is 4.96. The smallest absolute Gasteiger partial charge is 0.225 e. The first-order valence-electron chi connectivity index (χ1n) is 5.95. The van der Waals surface area contributed by atoms with E-state index >= 15 is 0 Å². The van der Waals surface area contributed by atoms with E-state index < -0.39 is 0 Å². The Bertz CT molecular complexity index is 378. The third kappa shape index (κ3) is 1.67. The molecule has 4 heterocycles. The van der Waals surface area contributed by atoms with Crippen LogP contribution in [0.2, 0.25) is 0 Å². The summed E-state index contributed by atoms with van der Waals surface area (Å²) in [7, 11) is 0. The molecule has 0 radical (unpaired) electrons. The van der Waals surface area contributed by atoms with Gasteiger partial charge in [-0.3, -0.25) is 0 Å². The van der Waals surface area contributed by atoms with Crippen LogP contribution in [0.4, 0.5) is 5.95 Å². The van der Waals surface area contributed by atoms with Gasteiger partial charge >= 0.3 is 0 Å². The highest BCUT2D eigenvalue weighted by atomic mass is 16.5. The maximum absolute atomic E-state index is 5.61. The van der Waals surface area contributed by atoms with Gasteiger partial charge in [0.25, 0.3) is 0 Å². The SMILES string of the molecule is CC(C)c1ccnc(N2CC3CC(C2)O3)n1. The van der Waals surface area contributed by atoms with Crippen molar-refractivity contribution in [2.75, 3.05) is 18.0 Å². The van der Waals surface area contributed by atoms with Gasteiger partial charge < -0.3 is 9.64 Å². The van der Waals surface area contributed by atoms with Crippen LogP contribution in [0.25, 0.3) is 0 Å². The molecule has 0 aromatic carbocycles. The Morgan fingerprint density at radius 2 is 2.06 bits per heavy atom. The summed E-state index contributed by atoms with van der Waals surface area (Å²) in [5.41, 5.74) is 1.12. The number of piperidine rings is 1. The van der Waals surface area contributed by atoms with Crippen molar-refractivity contribution in [1.29, 1.82) is 0 Å². The summed E-state index contributed by atoms with van der Waals surface area (Å²) in [5.74, 6) is 1.32. The van der Waals surface area contributed by atoms with Crippen molar-refractivity contribution in [2.45, 2.75) is 38.4 Å². The number of ether oxygens (including phenoxy) is 1. The van der Waals surface area contributed by atoms with E-state index in [0.29, 0.717) is 18.1 Å². The van der Waals surface area contributed by atoms with Crippen molar-refractivity contribution in [3.8, 4) is 0 Å². The van der Waals surface area contributed by atoms with Gasteiger partial charge in [-0.2, -0.15) is 0 Å². The van der Waals surface area contributed by atoms with E-state index in [0.717, 1.165) is 24.7 Å². The third-order valence-electron chi connectivity index (χ3n) is 3.30. The summed E-state index contributed by atoms with van der Waals surface area (Å²) >= 11 is 0. The summed E-state index contributed by atoms with van der Waals surface area (Å²) in [6.07, 6.45) is 3.88. The molecule has 16 heavy (non-hydrogen) atoms. The molecule has 4 rings (SSSR count). The molecule has 3 saturated heterocycles. The van der Waals surface area contributed by atoms with Gasteiger partial charge in [0, 0.05) is 31.4 Å². The second kappa shape index (κ2) is 3.70. The molecule has 4 nitrogen and oxygen atoms in total. The lowest BCUT2D eigenvalue weighted by atomic mass is 9.99. The van der Waals surface area contributed by atoms with Gasteiger partial charge in [0.05, 0.1) is 12.2 Å². The molecule has 3 aliphatic rings. The van der Waals surface area contributed by atoms with Crippen molar-refractivity contribution in [1.82, 2.24) is 9.97 Å². The molecule has 86 valence electrons. The van der Waals surface area contributed by atoms with Crippen LogP contribution in [0.15, 0.2) is 12.3 Å². The Morgan fingerprint density at radius 3 is 2.69 bits per heavy atom. The number of morpholine rings is 1. The molecule has 0 aliphatic carbocycles. The Labute approximate surface area is 95.7 Å². The van der Waals surface area contributed by atoms with Crippen LogP contribution < -0.4 is 4.90 Å². The molecule has 2 unspecified atom stereocenters. The number of anilines is 1. The van der Waals surface area contributed by atoms with Gasteiger partial charge in [-0.1, -0.05) is 13.8 Å². The Kier molecular flexibility index (Phi) is 2.32. The van der Waals surface area contributed by atoms with Crippen LogP contribution in [0.5, 0.6) is 0 Å². The molecule has 1 aromatic rings. The van der Waals surface area contributed by atoms with Crippen molar-refractivity contribution in [3.63, 3.8) is 0 Å².